The molecular formula is C21H27N3O4S. The summed E-state index contributed by atoms with van der Waals surface area (Å²) in [6.07, 6.45) is 1.64. The maximum atomic E-state index is 12.5. The smallest absolute Gasteiger partial charge is 0.255 e. The molecule has 1 aliphatic rings. The Kier molecular flexibility index (Phi) is 6.42. The van der Waals surface area contributed by atoms with Gasteiger partial charge in [-0.25, -0.2) is 13.4 Å². The van der Waals surface area contributed by atoms with Crippen LogP contribution in [-0.2, 0) is 9.84 Å². The summed E-state index contributed by atoms with van der Waals surface area (Å²) in [5, 5.41) is 3.32. The third-order valence-corrected chi connectivity index (χ3v) is 6.35. The average molecular weight is 418 g/mol. The van der Waals surface area contributed by atoms with Gasteiger partial charge < -0.3 is 15.0 Å². The van der Waals surface area contributed by atoms with Crippen molar-refractivity contribution in [3.8, 4) is 5.75 Å². The highest BCUT2D eigenvalue weighted by Gasteiger charge is 2.25. The third-order valence-electron chi connectivity index (χ3n) is 4.74. The van der Waals surface area contributed by atoms with E-state index in [0.717, 1.165) is 11.3 Å². The summed E-state index contributed by atoms with van der Waals surface area (Å²) < 4.78 is 28.8. The standard InChI is InChI=1S/C21H27N3O4S/c1-15(2)28-19-6-4-5-17(13-19)16(3)23-20-8-7-18(14-22-20)21(25)24-9-11-29(26,27)12-10-24/h4-8,13-16H,9-12H2,1-3H3,(H,22,23). The van der Waals surface area contributed by atoms with Crippen molar-refractivity contribution in [1.29, 1.82) is 0 Å². The second-order valence-corrected chi connectivity index (χ2v) is 9.78. The van der Waals surface area contributed by atoms with Crippen molar-refractivity contribution in [2.24, 2.45) is 0 Å². The zero-order valence-corrected chi connectivity index (χ0v) is 17.8. The van der Waals surface area contributed by atoms with Crippen LogP contribution in [0.15, 0.2) is 42.6 Å². The van der Waals surface area contributed by atoms with Crippen LogP contribution in [0.5, 0.6) is 5.75 Å². The molecule has 1 aliphatic heterocycles. The number of carbonyl (C=O) groups is 1. The third kappa shape index (κ3) is 5.69. The van der Waals surface area contributed by atoms with Gasteiger partial charge in [0, 0.05) is 19.3 Å². The Morgan fingerprint density at radius 3 is 2.48 bits per heavy atom. The first-order valence-corrected chi connectivity index (χ1v) is 11.5. The van der Waals surface area contributed by atoms with Crippen LogP contribution < -0.4 is 10.1 Å². The molecule has 0 spiro atoms. The maximum Gasteiger partial charge on any atom is 0.255 e. The summed E-state index contributed by atoms with van der Waals surface area (Å²) >= 11 is 0. The highest BCUT2D eigenvalue weighted by atomic mass is 32.2. The van der Waals surface area contributed by atoms with Crippen molar-refractivity contribution in [3.63, 3.8) is 0 Å². The van der Waals surface area contributed by atoms with Gasteiger partial charge in [0.2, 0.25) is 0 Å². The van der Waals surface area contributed by atoms with Crippen LogP contribution in [0.4, 0.5) is 5.82 Å². The maximum absolute atomic E-state index is 12.5. The fourth-order valence-electron chi connectivity index (χ4n) is 3.14. The molecule has 8 heteroatoms. The molecule has 1 aromatic carbocycles. The van der Waals surface area contributed by atoms with Crippen LogP contribution in [0, 0.1) is 0 Å². The lowest BCUT2D eigenvalue weighted by atomic mass is 10.1. The van der Waals surface area contributed by atoms with E-state index < -0.39 is 9.84 Å². The molecule has 0 bridgehead atoms. The SMILES string of the molecule is CC(C)Oc1cccc(C(C)Nc2ccc(C(=O)N3CCS(=O)(=O)CC3)cn2)c1. The summed E-state index contributed by atoms with van der Waals surface area (Å²) in [6, 6.07) is 11.4. The molecule has 1 aromatic heterocycles. The van der Waals surface area contributed by atoms with Crippen LogP contribution >= 0.6 is 0 Å². The van der Waals surface area contributed by atoms with E-state index in [1.165, 1.54) is 6.20 Å². The van der Waals surface area contributed by atoms with Gasteiger partial charge in [-0.1, -0.05) is 12.1 Å². The number of amides is 1. The molecule has 1 unspecified atom stereocenters. The van der Waals surface area contributed by atoms with E-state index in [1.54, 1.807) is 17.0 Å². The van der Waals surface area contributed by atoms with E-state index in [-0.39, 0.29) is 42.6 Å². The van der Waals surface area contributed by atoms with E-state index in [9.17, 15) is 13.2 Å². The summed E-state index contributed by atoms with van der Waals surface area (Å²) in [7, 11) is -3.02. The molecule has 156 valence electrons. The Hall–Kier alpha value is -2.61. The lowest BCUT2D eigenvalue weighted by molar-refractivity contribution is 0.0770. The number of aromatic nitrogens is 1. The van der Waals surface area contributed by atoms with E-state index in [4.69, 9.17) is 4.74 Å². The van der Waals surface area contributed by atoms with Crippen LogP contribution in [0.1, 0.15) is 42.7 Å². The molecule has 2 aromatic rings. The lowest BCUT2D eigenvalue weighted by Crippen LogP contribution is -2.43. The van der Waals surface area contributed by atoms with Crippen molar-refractivity contribution >= 4 is 21.6 Å². The van der Waals surface area contributed by atoms with E-state index in [2.05, 4.69) is 10.3 Å². The first-order chi connectivity index (χ1) is 13.7. The predicted octanol–water partition coefficient (Wildman–Crippen LogP) is 2.91. The minimum atomic E-state index is -3.02. The Labute approximate surface area is 172 Å². The zero-order valence-electron chi connectivity index (χ0n) is 17.0. The number of nitrogens with one attached hydrogen (secondary N) is 1. The van der Waals surface area contributed by atoms with Gasteiger partial charge in [-0.2, -0.15) is 0 Å². The average Bonchev–Trinajstić information content (AvgIpc) is 2.68. The van der Waals surface area contributed by atoms with Crippen molar-refractivity contribution in [2.45, 2.75) is 32.9 Å². The first-order valence-electron chi connectivity index (χ1n) is 9.72. The van der Waals surface area contributed by atoms with Gasteiger partial charge in [-0.3, -0.25) is 4.79 Å². The summed E-state index contributed by atoms with van der Waals surface area (Å²) in [5.41, 5.74) is 1.52. The largest absolute Gasteiger partial charge is 0.491 e. The number of pyridine rings is 1. The van der Waals surface area contributed by atoms with Crippen LogP contribution in [0.25, 0.3) is 0 Å². The van der Waals surface area contributed by atoms with Gasteiger partial charge in [0.05, 0.1) is 29.2 Å². The zero-order chi connectivity index (χ0) is 21.0. The van der Waals surface area contributed by atoms with Gasteiger partial charge in [0.1, 0.15) is 11.6 Å². The van der Waals surface area contributed by atoms with Gasteiger partial charge in [0.15, 0.2) is 9.84 Å². The Morgan fingerprint density at radius 1 is 1.14 bits per heavy atom. The molecule has 1 atom stereocenters. The number of ether oxygens (including phenoxy) is 1. The number of nitrogens with zero attached hydrogens (tertiary/aromatic N) is 2. The second kappa shape index (κ2) is 8.82. The summed E-state index contributed by atoms with van der Waals surface area (Å²) in [5.74, 6) is 1.32. The topological polar surface area (TPSA) is 88.6 Å². The summed E-state index contributed by atoms with van der Waals surface area (Å²) in [6.45, 7) is 6.47. The van der Waals surface area contributed by atoms with Crippen molar-refractivity contribution in [3.05, 3.63) is 53.7 Å². The van der Waals surface area contributed by atoms with Crippen LogP contribution in [0.2, 0.25) is 0 Å². The van der Waals surface area contributed by atoms with Crippen molar-refractivity contribution in [2.75, 3.05) is 29.9 Å². The Morgan fingerprint density at radius 2 is 1.86 bits per heavy atom. The molecule has 1 fully saturated rings. The quantitative estimate of drug-likeness (QED) is 0.777. The number of anilines is 1. The molecule has 0 saturated carbocycles. The molecule has 2 heterocycles. The lowest BCUT2D eigenvalue weighted by Gasteiger charge is -2.26. The number of carbonyl (C=O) groups excluding carboxylic acids is 1. The Bertz CT molecular complexity index is 944. The number of hydrogen-bond acceptors (Lipinski definition) is 6. The van der Waals surface area contributed by atoms with Crippen molar-refractivity contribution in [1.82, 2.24) is 9.88 Å². The van der Waals surface area contributed by atoms with Gasteiger partial charge >= 0.3 is 0 Å². The molecule has 0 radical (unpaired) electrons. The molecule has 3 rings (SSSR count). The fourth-order valence-corrected chi connectivity index (χ4v) is 4.34. The van der Waals surface area contributed by atoms with E-state index >= 15 is 0 Å². The molecule has 7 nitrogen and oxygen atoms in total. The molecule has 1 amide bonds. The summed E-state index contributed by atoms with van der Waals surface area (Å²) in [4.78, 5) is 18.5. The fraction of sp³-hybridized carbons (Fsp3) is 0.429. The second-order valence-electron chi connectivity index (χ2n) is 7.48. The van der Waals surface area contributed by atoms with Crippen LogP contribution in [0.3, 0.4) is 0 Å². The highest BCUT2D eigenvalue weighted by Crippen LogP contribution is 2.23. The number of benzene rings is 1. The van der Waals surface area contributed by atoms with Gasteiger partial charge in [0.25, 0.3) is 5.91 Å². The monoisotopic (exact) mass is 417 g/mol. The van der Waals surface area contributed by atoms with Gasteiger partial charge in [-0.05, 0) is 50.6 Å². The van der Waals surface area contributed by atoms with E-state index in [0.29, 0.717) is 11.4 Å². The van der Waals surface area contributed by atoms with Crippen molar-refractivity contribution < 1.29 is 17.9 Å². The number of hydrogen-bond donors (Lipinski definition) is 1. The molecular weight excluding hydrogens is 390 g/mol. The van der Waals surface area contributed by atoms with Gasteiger partial charge in [-0.15, -0.1) is 0 Å². The predicted molar refractivity (Wildman–Crippen MR) is 113 cm³/mol. The minimum absolute atomic E-state index is 0.00654. The normalized spacial score (nSPS) is 17.0. The highest BCUT2D eigenvalue weighted by molar-refractivity contribution is 7.91. The van der Waals surface area contributed by atoms with E-state index in [1.807, 2.05) is 45.0 Å². The molecule has 0 aliphatic carbocycles. The minimum Gasteiger partial charge on any atom is -0.491 e. The number of rotatable bonds is 6. The Balaban J connectivity index is 1.62. The van der Waals surface area contributed by atoms with Crippen LogP contribution in [-0.4, -0.2) is 54.9 Å². The first kappa shape index (κ1) is 21.1. The molecule has 29 heavy (non-hydrogen) atoms. The number of sulfone groups is 1. The molecule has 1 saturated heterocycles. The molecule has 1 N–H and O–H groups in total.